The zero-order valence-electron chi connectivity index (χ0n) is 66.9. The van der Waals surface area contributed by atoms with Crippen LogP contribution in [0.4, 0.5) is 0 Å². The van der Waals surface area contributed by atoms with Crippen LogP contribution in [0, 0.1) is 11.8 Å². The lowest BCUT2D eigenvalue weighted by atomic mass is 10.0. The lowest BCUT2D eigenvalue weighted by Gasteiger charge is -2.21. The molecule has 0 aromatic carbocycles. The van der Waals surface area contributed by atoms with Crippen molar-refractivity contribution in [2.45, 2.75) is 458 Å². The van der Waals surface area contributed by atoms with Crippen LogP contribution in [0.1, 0.15) is 440 Å². The molecule has 0 saturated carbocycles. The molecule has 19 heteroatoms. The molecule has 0 radical (unpaired) electrons. The molecule has 0 fully saturated rings. The predicted octanol–water partition coefficient (Wildman–Crippen LogP) is 25.1. The summed E-state index contributed by atoms with van der Waals surface area (Å²) in [6, 6.07) is 0. The second-order valence-corrected chi connectivity index (χ2v) is 33.7. The first-order chi connectivity index (χ1) is 49.4. The number of aliphatic hydroxyl groups excluding tert-OH is 1. The predicted molar refractivity (Wildman–Crippen MR) is 418 cm³/mol. The quantitative estimate of drug-likeness (QED) is 0.0222. The Balaban J connectivity index is 5.26. The van der Waals surface area contributed by atoms with Gasteiger partial charge in [0.2, 0.25) is 0 Å². The van der Waals surface area contributed by atoms with Crippen LogP contribution in [-0.4, -0.2) is 96.7 Å². The number of aliphatic hydroxyl groups is 1. The molecule has 606 valence electrons. The molecular weight excluding hydrogens is 1330 g/mol. The van der Waals surface area contributed by atoms with Gasteiger partial charge in [0.15, 0.2) is 12.2 Å². The van der Waals surface area contributed by atoms with E-state index in [9.17, 15) is 43.2 Å². The van der Waals surface area contributed by atoms with Gasteiger partial charge >= 0.3 is 39.5 Å². The highest BCUT2D eigenvalue weighted by Crippen LogP contribution is 2.45. The van der Waals surface area contributed by atoms with Crippen molar-refractivity contribution < 1.29 is 80.2 Å². The van der Waals surface area contributed by atoms with Gasteiger partial charge in [-0.25, -0.2) is 9.13 Å². The van der Waals surface area contributed by atoms with E-state index in [1.54, 1.807) is 0 Å². The molecule has 3 N–H and O–H groups in total. The highest BCUT2D eigenvalue weighted by atomic mass is 31.2. The normalized spacial score (nSPS) is 13.9. The summed E-state index contributed by atoms with van der Waals surface area (Å²) in [6.07, 6.45) is 65.0. The summed E-state index contributed by atoms with van der Waals surface area (Å²) in [6.45, 7) is 9.71. The maximum absolute atomic E-state index is 13.1. The summed E-state index contributed by atoms with van der Waals surface area (Å²) in [5.74, 6) is -0.502. The van der Waals surface area contributed by atoms with Crippen molar-refractivity contribution in [2.24, 2.45) is 11.8 Å². The summed E-state index contributed by atoms with van der Waals surface area (Å²) in [7, 11) is -9.92. The smallest absolute Gasteiger partial charge is 0.462 e. The van der Waals surface area contributed by atoms with Gasteiger partial charge in [-0.05, 0) is 37.5 Å². The van der Waals surface area contributed by atoms with E-state index in [0.717, 1.165) is 102 Å². The second kappa shape index (κ2) is 74.5. The summed E-state index contributed by atoms with van der Waals surface area (Å²) >= 11 is 0. The molecule has 0 amide bonds. The Labute approximate surface area is 626 Å². The van der Waals surface area contributed by atoms with Crippen molar-refractivity contribution in [2.75, 3.05) is 39.6 Å². The van der Waals surface area contributed by atoms with E-state index in [2.05, 4.69) is 41.5 Å². The van der Waals surface area contributed by atoms with Crippen LogP contribution in [0.3, 0.4) is 0 Å². The lowest BCUT2D eigenvalue weighted by Crippen LogP contribution is -2.30. The fourth-order valence-corrected chi connectivity index (χ4v) is 14.5. The summed E-state index contributed by atoms with van der Waals surface area (Å²) in [5, 5.41) is 10.7. The van der Waals surface area contributed by atoms with Crippen molar-refractivity contribution >= 4 is 39.5 Å². The van der Waals surface area contributed by atoms with Crippen LogP contribution < -0.4 is 0 Å². The molecule has 0 rings (SSSR count). The fourth-order valence-electron chi connectivity index (χ4n) is 12.9. The first kappa shape index (κ1) is 100. The Morgan fingerprint density at radius 3 is 0.667 bits per heavy atom. The van der Waals surface area contributed by atoms with E-state index >= 15 is 0 Å². The van der Waals surface area contributed by atoms with Gasteiger partial charge in [-0.3, -0.25) is 37.3 Å². The van der Waals surface area contributed by atoms with Gasteiger partial charge in [-0.1, -0.05) is 388 Å². The third kappa shape index (κ3) is 76.3. The number of phosphoric acid groups is 2. The topological polar surface area (TPSA) is 237 Å². The highest BCUT2D eigenvalue weighted by Gasteiger charge is 2.30. The van der Waals surface area contributed by atoms with Crippen molar-refractivity contribution in [3.63, 3.8) is 0 Å². The number of esters is 4. The van der Waals surface area contributed by atoms with Gasteiger partial charge in [0.1, 0.15) is 19.3 Å². The van der Waals surface area contributed by atoms with Gasteiger partial charge < -0.3 is 33.8 Å². The van der Waals surface area contributed by atoms with Crippen LogP contribution in [0.15, 0.2) is 0 Å². The Bertz CT molecular complexity index is 1960. The third-order valence-electron chi connectivity index (χ3n) is 19.5. The molecule has 5 atom stereocenters. The second-order valence-electron chi connectivity index (χ2n) is 30.8. The number of hydrogen-bond acceptors (Lipinski definition) is 15. The zero-order valence-corrected chi connectivity index (χ0v) is 68.7. The first-order valence-electron chi connectivity index (χ1n) is 43.0. The Morgan fingerprint density at radius 1 is 0.265 bits per heavy atom. The van der Waals surface area contributed by atoms with Crippen LogP contribution >= 0.6 is 15.6 Å². The number of phosphoric ester groups is 2. The number of carbonyl (C=O) groups is 4. The monoisotopic (exact) mass is 1490 g/mol. The molecule has 0 aromatic rings. The van der Waals surface area contributed by atoms with Crippen LogP contribution in [0.2, 0.25) is 0 Å². The average Bonchev–Trinajstić information content (AvgIpc) is 0.926. The summed E-state index contributed by atoms with van der Waals surface area (Å²) in [5.41, 5.74) is 0. The number of carbonyl (C=O) groups excluding carboxylic acids is 4. The van der Waals surface area contributed by atoms with E-state index in [4.69, 9.17) is 37.0 Å². The van der Waals surface area contributed by atoms with Crippen LogP contribution in [0.5, 0.6) is 0 Å². The minimum Gasteiger partial charge on any atom is -0.462 e. The number of ether oxygens (including phenoxy) is 4. The largest absolute Gasteiger partial charge is 0.472 e. The molecule has 0 spiro atoms. The van der Waals surface area contributed by atoms with E-state index < -0.39 is 97.5 Å². The maximum Gasteiger partial charge on any atom is 0.472 e. The molecular formula is C83H162O17P2. The Kier molecular flexibility index (Phi) is 73.1. The SMILES string of the molecule is CCCCCCCCCCCCCCCCC(=O)O[C@H](COC(=O)CCCCCCCCCCCCCCC)COP(=O)(O)OC[C@H](O)COP(=O)(O)OC[C@@H](COC(=O)CCCCCCCCCCCCCCCC(C)C)OC(=O)CCCCCCCCCCCCCCCCCCC(C)C. The molecule has 0 aliphatic carbocycles. The molecule has 17 nitrogen and oxygen atoms in total. The van der Waals surface area contributed by atoms with E-state index in [0.29, 0.717) is 25.7 Å². The first-order valence-corrected chi connectivity index (χ1v) is 46.0. The van der Waals surface area contributed by atoms with Gasteiger partial charge in [-0.2, -0.15) is 0 Å². The third-order valence-corrected chi connectivity index (χ3v) is 21.4. The maximum atomic E-state index is 13.1. The van der Waals surface area contributed by atoms with Crippen molar-refractivity contribution in [1.29, 1.82) is 0 Å². The standard InChI is InChI=1S/C83H162O17P2/c1-7-9-11-13-15-17-19-21-30-37-43-49-55-61-67-82(87)99-78(71-93-80(85)65-59-53-47-41-35-27-20-18-16-14-12-10-8-2)73-97-101(89,90)95-69-77(84)70-96-102(91,92)98-74-79(72-94-81(86)66-60-54-48-42-36-32-26-29-34-40-46-52-58-64-76(5)6)100-83(88)68-62-56-50-44-38-31-25-23-22-24-28-33-39-45-51-57-63-75(3)4/h75-79,84H,7-74H2,1-6H3,(H,89,90)(H,91,92)/t77-,78+,79+/m0/s1. The van der Waals surface area contributed by atoms with Crippen LogP contribution in [0.25, 0.3) is 0 Å². The van der Waals surface area contributed by atoms with Gasteiger partial charge in [0.25, 0.3) is 0 Å². The van der Waals surface area contributed by atoms with Gasteiger partial charge in [-0.15, -0.1) is 0 Å². The number of hydrogen-bond donors (Lipinski definition) is 3. The molecule has 2 unspecified atom stereocenters. The molecule has 102 heavy (non-hydrogen) atoms. The van der Waals surface area contributed by atoms with E-state index in [-0.39, 0.29) is 25.7 Å². The minimum absolute atomic E-state index is 0.108. The molecule has 0 aliphatic heterocycles. The highest BCUT2D eigenvalue weighted by molar-refractivity contribution is 7.47. The molecule has 0 heterocycles. The molecule has 0 aliphatic rings. The summed E-state index contributed by atoms with van der Waals surface area (Å²) < 4.78 is 68.8. The lowest BCUT2D eigenvalue weighted by molar-refractivity contribution is -0.161. The van der Waals surface area contributed by atoms with Crippen molar-refractivity contribution in [3.05, 3.63) is 0 Å². The molecule has 0 bridgehead atoms. The van der Waals surface area contributed by atoms with Crippen molar-refractivity contribution in [1.82, 2.24) is 0 Å². The Hall–Kier alpha value is -1.94. The molecule has 0 aromatic heterocycles. The van der Waals surface area contributed by atoms with Gasteiger partial charge in [0.05, 0.1) is 26.4 Å². The van der Waals surface area contributed by atoms with Crippen molar-refractivity contribution in [3.8, 4) is 0 Å². The Morgan fingerprint density at radius 2 is 0.451 bits per heavy atom. The van der Waals surface area contributed by atoms with Crippen LogP contribution in [-0.2, 0) is 65.4 Å². The summed E-state index contributed by atoms with van der Waals surface area (Å²) in [4.78, 5) is 73.1. The fraction of sp³-hybridized carbons (Fsp3) is 0.952. The van der Waals surface area contributed by atoms with E-state index in [1.807, 2.05) is 0 Å². The minimum atomic E-state index is -4.96. The zero-order chi connectivity index (χ0) is 74.9. The number of unbranched alkanes of at least 4 members (excludes halogenated alkanes) is 52. The average molecular weight is 1490 g/mol. The number of rotatable bonds is 82. The molecule has 0 saturated heterocycles. The van der Waals surface area contributed by atoms with Gasteiger partial charge in [0, 0.05) is 25.7 Å². The van der Waals surface area contributed by atoms with E-state index in [1.165, 1.54) is 257 Å².